The third-order valence-corrected chi connectivity index (χ3v) is 12.1. The number of unbranched alkanes of at least 4 members (excludes halogenated alkanes) is 19. The molecule has 0 bridgehead atoms. The van der Waals surface area contributed by atoms with Crippen molar-refractivity contribution in [3.8, 4) is 0 Å². The first kappa shape index (κ1) is 68.6. The zero-order valence-electron chi connectivity index (χ0n) is 47.1. The summed E-state index contributed by atoms with van der Waals surface area (Å²) in [5, 5.41) is 0. The zero-order chi connectivity index (χ0) is 52.9. The van der Waals surface area contributed by atoms with Crippen molar-refractivity contribution in [2.24, 2.45) is 0 Å². The van der Waals surface area contributed by atoms with Crippen molar-refractivity contribution in [3.05, 3.63) is 134 Å². The van der Waals surface area contributed by atoms with Gasteiger partial charge in [-0.05, 0) is 122 Å². The van der Waals surface area contributed by atoms with Crippen LogP contribution in [-0.4, -0.2) is 37.2 Å². The van der Waals surface area contributed by atoms with E-state index in [0.717, 1.165) is 148 Å². The molecule has 0 aliphatic heterocycles. The van der Waals surface area contributed by atoms with Crippen LogP contribution in [0.25, 0.3) is 0 Å². The van der Waals surface area contributed by atoms with Crippen molar-refractivity contribution in [3.63, 3.8) is 0 Å². The minimum absolute atomic E-state index is 0.0948. The maximum Gasteiger partial charge on any atom is 0.306 e. The van der Waals surface area contributed by atoms with E-state index in [2.05, 4.69) is 154 Å². The molecule has 0 N–H and O–H groups in total. The first-order valence-electron chi connectivity index (χ1n) is 29.7. The second-order valence-corrected chi connectivity index (χ2v) is 19.2. The topological polar surface area (TPSA) is 78.9 Å². The van der Waals surface area contributed by atoms with Crippen LogP contribution in [0.1, 0.15) is 252 Å². The molecule has 412 valence electrons. The lowest BCUT2D eigenvalue weighted by Gasteiger charge is -2.18. The Hall–Kier alpha value is -4.45. The molecule has 0 amide bonds. The molecule has 0 spiro atoms. The Kier molecular flexibility index (Phi) is 56.4. The van der Waals surface area contributed by atoms with Crippen LogP contribution in [0.4, 0.5) is 0 Å². The van der Waals surface area contributed by atoms with Crippen molar-refractivity contribution >= 4 is 17.9 Å². The number of ether oxygens (including phenoxy) is 3. The molecule has 0 aromatic rings. The highest BCUT2D eigenvalue weighted by Gasteiger charge is 2.19. The van der Waals surface area contributed by atoms with Gasteiger partial charge in [-0.25, -0.2) is 0 Å². The minimum atomic E-state index is -0.798. The van der Waals surface area contributed by atoms with Gasteiger partial charge in [0, 0.05) is 19.3 Å². The smallest absolute Gasteiger partial charge is 0.306 e. The molecule has 0 heterocycles. The first-order valence-corrected chi connectivity index (χ1v) is 29.7. The summed E-state index contributed by atoms with van der Waals surface area (Å²) in [5.41, 5.74) is 0. The predicted octanol–water partition coefficient (Wildman–Crippen LogP) is 20.2. The average Bonchev–Trinajstić information content (AvgIpc) is 3.39. The molecule has 0 aliphatic carbocycles. The van der Waals surface area contributed by atoms with E-state index >= 15 is 0 Å². The lowest BCUT2D eigenvalue weighted by molar-refractivity contribution is -0.167. The van der Waals surface area contributed by atoms with Crippen LogP contribution in [0.2, 0.25) is 0 Å². The van der Waals surface area contributed by atoms with Gasteiger partial charge in [-0.15, -0.1) is 0 Å². The van der Waals surface area contributed by atoms with E-state index < -0.39 is 6.10 Å². The molecule has 0 aromatic heterocycles. The molecular formula is C67H108O6. The van der Waals surface area contributed by atoms with Gasteiger partial charge in [-0.2, -0.15) is 0 Å². The minimum Gasteiger partial charge on any atom is -0.462 e. The Balaban J connectivity index is 4.29. The number of esters is 3. The van der Waals surface area contributed by atoms with Crippen LogP contribution in [0.3, 0.4) is 0 Å². The highest BCUT2D eigenvalue weighted by Crippen LogP contribution is 2.13. The normalized spacial score (nSPS) is 13.1. The molecule has 0 saturated heterocycles. The van der Waals surface area contributed by atoms with Crippen LogP contribution in [-0.2, 0) is 28.6 Å². The van der Waals surface area contributed by atoms with Crippen LogP contribution < -0.4 is 0 Å². The Labute approximate surface area is 449 Å². The van der Waals surface area contributed by atoms with Gasteiger partial charge in [0.05, 0.1) is 0 Å². The van der Waals surface area contributed by atoms with E-state index in [-0.39, 0.29) is 31.1 Å². The van der Waals surface area contributed by atoms with Gasteiger partial charge in [0.2, 0.25) is 0 Å². The standard InChI is InChI=1S/C67H108O6/c1-4-7-10-13-16-18-20-22-24-26-28-29-30-31-32-33-34-35-36-37-39-40-42-44-46-48-51-54-57-60-66(69)72-63-64(62-71-65(68)59-56-53-50-15-12-9-6-3)73-67(70)61-58-55-52-49-47-45-43-41-38-27-25-23-21-19-17-14-11-8-5-2/h7,10,16-19,22-25,28-29,31-32,34-35,37-39,41-42,44,64H,4-6,8-9,11-15,20-21,26-27,30,33,36,40,43,45-63H2,1-3H3/b10-7-,18-16-,19-17-,24-22-,25-23-,29-28-,32-31-,35-34-,39-37-,41-38-,44-42-. The predicted molar refractivity (Wildman–Crippen MR) is 316 cm³/mol. The summed E-state index contributed by atoms with van der Waals surface area (Å²) < 4.78 is 16.8. The molecule has 0 rings (SSSR count). The Bertz CT molecular complexity index is 1580. The molecule has 0 aromatic carbocycles. The molecule has 1 unspecified atom stereocenters. The van der Waals surface area contributed by atoms with Gasteiger partial charge in [-0.1, -0.05) is 244 Å². The quantitative estimate of drug-likeness (QED) is 0.0261. The average molecular weight is 1010 g/mol. The van der Waals surface area contributed by atoms with Crippen molar-refractivity contribution in [1.29, 1.82) is 0 Å². The molecule has 73 heavy (non-hydrogen) atoms. The summed E-state index contributed by atoms with van der Waals surface area (Å²) in [6.45, 7) is 6.41. The summed E-state index contributed by atoms with van der Waals surface area (Å²) in [5.74, 6) is -0.944. The lowest BCUT2D eigenvalue weighted by atomic mass is 10.1. The van der Waals surface area contributed by atoms with Gasteiger partial charge < -0.3 is 14.2 Å². The molecule has 0 radical (unpaired) electrons. The number of hydrogen-bond donors (Lipinski definition) is 0. The largest absolute Gasteiger partial charge is 0.462 e. The fourth-order valence-electron chi connectivity index (χ4n) is 7.70. The van der Waals surface area contributed by atoms with Crippen molar-refractivity contribution in [2.45, 2.75) is 258 Å². The van der Waals surface area contributed by atoms with E-state index in [4.69, 9.17) is 14.2 Å². The van der Waals surface area contributed by atoms with Crippen molar-refractivity contribution in [1.82, 2.24) is 0 Å². The van der Waals surface area contributed by atoms with E-state index in [1.807, 2.05) is 0 Å². The van der Waals surface area contributed by atoms with Gasteiger partial charge in [-0.3, -0.25) is 14.4 Å². The summed E-state index contributed by atoms with van der Waals surface area (Å²) in [6.07, 6.45) is 84.6. The van der Waals surface area contributed by atoms with Gasteiger partial charge in [0.15, 0.2) is 6.10 Å². The number of allylic oxidation sites excluding steroid dienone is 22. The van der Waals surface area contributed by atoms with Gasteiger partial charge >= 0.3 is 17.9 Å². The van der Waals surface area contributed by atoms with E-state index in [0.29, 0.717) is 19.3 Å². The molecule has 0 aliphatic rings. The lowest BCUT2D eigenvalue weighted by Crippen LogP contribution is -2.30. The zero-order valence-corrected chi connectivity index (χ0v) is 47.1. The summed E-state index contributed by atoms with van der Waals surface area (Å²) >= 11 is 0. The second-order valence-electron chi connectivity index (χ2n) is 19.2. The number of carbonyl (C=O) groups excluding carboxylic acids is 3. The highest BCUT2D eigenvalue weighted by molar-refractivity contribution is 5.71. The van der Waals surface area contributed by atoms with Crippen LogP contribution in [0.5, 0.6) is 0 Å². The number of carbonyl (C=O) groups is 3. The van der Waals surface area contributed by atoms with Crippen molar-refractivity contribution in [2.75, 3.05) is 13.2 Å². The molecule has 6 heteroatoms. The first-order chi connectivity index (χ1) is 36.0. The van der Waals surface area contributed by atoms with Crippen molar-refractivity contribution < 1.29 is 28.6 Å². The van der Waals surface area contributed by atoms with Crippen LogP contribution >= 0.6 is 0 Å². The summed E-state index contributed by atoms with van der Waals surface area (Å²) in [6, 6.07) is 0. The van der Waals surface area contributed by atoms with E-state index in [1.54, 1.807) is 0 Å². The molecule has 0 saturated carbocycles. The molecule has 1 atom stereocenters. The van der Waals surface area contributed by atoms with E-state index in [1.165, 1.54) is 64.2 Å². The molecule has 0 fully saturated rings. The van der Waals surface area contributed by atoms with Gasteiger partial charge in [0.1, 0.15) is 13.2 Å². The maximum atomic E-state index is 12.8. The maximum absolute atomic E-state index is 12.8. The van der Waals surface area contributed by atoms with Crippen LogP contribution in [0, 0.1) is 0 Å². The fraction of sp³-hybridized carbons (Fsp3) is 0.627. The summed E-state index contributed by atoms with van der Waals surface area (Å²) in [7, 11) is 0. The Morgan fingerprint density at radius 3 is 0.863 bits per heavy atom. The van der Waals surface area contributed by atoms with E-state index in [9.17, 15) is 14.4 Å². The summed E-state index contributed by atoms with van der Waals surface area (Å²) in [4.78, 5) is 38.0. The molecule has 6 nitrogen and oxygen atoms in total. The van der Waals surface area contributed by atoms with Gasteiger partial charge in [0.25, 0.3) is 0 Å². The second kappa shape index (κ2) is 60.1. The number of hydrogen-bond acceptors (Lipinski definition) is 6. The fourth-order valence-corrected chi connectivity index (χ4v) is 7.70. The highest BCUT2D eigenvalue weighted by atomic mass is 16.6. The Morgan fingerprint density at radius 1 is 0.288 bits per heavy atom. The van der Waals surface area contributed by atoms with Crippen LogP contribution in [0.15, 0.2) is 134 Å². The monoisotopic (exact) mass is 1010 g/mol. The molecular weight excluding hydrogens is 901 g/mol. The SMILES string of the molecule is CC/C=C\C/C=C\C/C=C\C/C=C\C/C=C\C/C=C\C/C=C\C/C=C\CCCCCCC(=O)OCC(COC(=O)CCCCCCCCC)OC(=O)CCCCCCCC/C=C\C/C=C\C/C=C\CCCCC. The Morgan fingerprint density at radius 2 is 0.534 bits per heavy atom. The number of rotatable bonds is 52. The third kappa shape index (κ3) is 58.3. The third-order valence-electron chi connectivity index (χ3n) is 12.1.